The Kier molecular flexibility index (Phi) is 5.68. The van der Waals surface area contributed by atoms with Crippen LogP contribution < -0.4 is 5.32 Å². The van der Waals surface area contributed by atoms with E-state index >= 15 is 0 Å². The van der Waals surface area contributed by atoms with Crippen LogP contribution in [0, 0.1) is 0 Å². The predicted octanol–water partition coefficient (Wildman–Crippen LogP) is 4.42. The maximum absolute atomic E-state index is 11.9. The molecule has 0 radical (unpaired) electrons. The summed E-state index contributed by atoms with van der Waals surface area (Å²) >= 11 is 4.94. The standard InChI is InChI=1S/C16H16BrNOS/c1-12(13-5-3-2-4-6-13)18-16(19)11-20-15-9-7-14(17)8-10-15/h2-10,12H,11H2,1H3,(H,18,19). The molecule has 1 atom stereocenters. The van der Waals surface area contributed by atoms with Gasteiger partial charge in [-0.15, -0.1) is 11.8 Å². The van der Waals surface area contributed by atoms with Gasteiger partial charge in [0.05, 0.1) is 11.8 Å². The van der Waals surface area contributed by atoms with Crippen molar-refractivity contribution in [1.29, 1.82) is 0 Å². The summed E-state index contributed by atoms with van der Waals surface area (Å²) in [7, 11) is 0. The van der Waals surface area contributed by atoms with Gasteiger partial charge in [-0.05, 0) is 36.8 Å². The van der Waals surface area contributed by atoms with E-state index in [1.807, 2.05) is 61.5 Å². The topological polar surface area (TPSA) is 29.1 Å². The first-order valence-electron chi connectivity index (χ1n) is 6.38. The molecule has 0 spiro atoms. The third-order valence-corrected chi connectivity index (χ3v) is 4.40. The first kappa shape index (κ1) is 15.1. The summed E-state index contributed by atoms with van der Waals surface area (Å²) < 4.78 is 1.05. The lowest BCUT2D eigenvalue weighted by molar-refractivity contribution is -0.119. The van der Waals surface area contributed by atoms with Gasteiger partial charge in [-0.1, -0.05) is 46.3 Å². The summed E-state index contributed by atoms with van der Waals surface area (Å²) in [6.07, 6.45) is 0. The van der Waals surface area contributed by atoms with E-state index < -0.39 is 0 Å². The highest BCUT2D eigenvalue weighted by Crippen LogP contribution is 2.20. The molecule has 0 saturated heterocycles. The summed E-state index contributed by atoms with van der Waals surface area (Å²) in [6.45, 7) is 2.00. The number of carbonyl (C=O) groups excluding carboxylic acids is 1. The number of thioether (sulfide) groups is 1. The van der Waals surface area contributed by atoms with Gasteiger partial charge in [0.2, 0.25) is 5.91 Å². The van der Waals surface area contributed by atoms with Crippen LogP contribution in [0.5, 0.6) is 0 Å². The summed E-state index contributed by atoms with van der Waals surface area (Å²) in [5.41, 5.74) is 1.12. The average Bonchev–Trinajstić information content (AvgIpc) is 2.47. The number of hydrogen-bond donors (Lipinski definition) is 1. The highest BCUT2D eigenvalue weighted by atomic mass is 79.9. The Morgan fingerprint density at radius 1 is 1.15 bits per heavy atom. The van der Waals surface area contributed by atoms with Crippen LogP contribution in [0.15, 0.2) is 64.0 Å². The number of rotatable bonds is 5. The van der Waals surface area contributed by atoms with Gasteiger partial charge >= 0.3 is 0 Å². The quantitative estimate of drug-likeness (QED) is 0.809. The minimum absolute atomic E-state index is 0.0363. The van der Waals surface area contributed by atoms with Crippen molar-refractivity contribution in [2.24, 2.45) is 0 Å². The van der Waals surface area contributed by atoms with E-state index in [1.54, 1.807) is 11.8 Å². The highest BCUT2D eigenvalue weighted by Gasteiger charge is 2.09. The molecular weight excluding hydrogens is 334 g/mol. The van der Waals surface area contributed by atoms with E-state index in [0.717, 1.165) is 14.9 Å². The largest absolute Gasteiger partial charge is 0.349 e. The van der Waals surface area contributed by atoms with E-state index in [0.29, 0.717) is 5.75 Å². The molecule has 4 heteroatoms. The Morgan fingerprint density at radius 2 is 1.80 bits per heavy atom. The minimum Gasteiger partial charge on any atom is -0.349 e. The smallest absolute Gasteiger partial charge is 0.230 e. The molecule has 0 aliphatic rings. The maximum Gasteiger partial charge on any atom is 0.230 e. The zero-order valence-electron chi connectivity index (χ0n) is 11.2. The van der Waals surface area contributed by atoms with Crippen molar-refractivity contribution in [3.63, 3.8) is 0 Å². The summed E-state index contributed by atoms with van der Waals surface area (Å²) in [5, 5.41) is 3.01. The Morgan fingerprint density at radius 3 is 2.45 bits per heavy atom. The van der Waals surface area contributed by atoms with Gasteiger partial charge in [-0.3, -0.25) is 4.79 Å². The van der Waals surface area contributed by atoms with Gasteiger partial charge < -0.3 is 5.32 Å². The van der Waals surface area contributed by atoms with Crippen LogP contribution in [0.3, 0.4) is 0 Å². The molecule has 0 aliphatic heterocycles. The van der Waals surface area contributed by atoms with Gasteiger partial charge in [0.1, 0.15) is 0 Å². The van der Waals surface area contributed by atoms with E-state index in [4.69, 9.17) is 0 Å². The minimum atomic E-state index is 0.0363. The zero-order valence-corrected chi connectivity index (χ0v) is 13.6. The molecule has 2 aromatic rings. The maximum atomic E-state index is 11.9. The summed E-state index contributed by atoms with van der Waals surface area (Å²) in [6, 6.07) is 18.0. The number of nitrogens with one attached hydrogen (secondary N) is 1. The Labute approximate surface area is 132 Å². The monoisotopic (exact) mass is 349 g/mol. The zero-order chi connectivity index (χ0) is 14.4. The second-order valence-electron chi connectivity index (χ2n) is 4.44. The van der Waals surface area contributed by atoms with Crippen molar-refractivity contribution in [3.05, 3.63) is 64.6 Å². The Hall–Kier alpha value is -1.26. The van der Waals surface area contributed by atoms with Crippen LogP contribution in [0.1, 0.15) is 18.5 Å². The molecule has 0 bridgehead atoms. The molecule has 1 N–H and O–H groups in total. The predicted molar refractivity (Wildman–Crippen MR) is 87.9 cm³/mol. The number of benzene rings is 2. The van der Waals surface area contributed by atoms with Crippen molar-refractivity contribution in [2.75, 3.05) is 5.75 Å². The van der Waals surface area contributed by atoms with Crippen LogP contribution in [0.25, 0.3) is 0 Å². The molecule has 104 valence electrons. The van der Waals surface area contributed by atoms with E-state index in [1.165, 1.54) is 0 Å². The molecule has 0 fully saturated rings. The third kappa shape index (κ3) is 4.69. The molecule has 0 saturated carbocycles. The van der Waals surface area contributed by atoms with Gasteiger partial charge in [0, 0.05) is 9.37 Å². The first-order chi connectivity index (χ1) is 9.65. The molecule has 1 unspecified atom stereocenters. The van der Waals surface area contributed by atoms with E-state index in [-0.39, 0.29) is 11.9 Å². The second kappa shape index (κ2) is 7.50. The molecule has 0 aliphatic carbocycles. The van der Waals surface area contributed by atoms with Gasteiger partial charge in [0.25, 0.3) is 0 Å². The van der Waals surface area contributed by atoms with Gasteiger partial charge in [-0.25, -0.2) is 0 Å². The SMILES string of the molecule is CC(NC(=O)CSc1ccc(Br)cc1)c1ccccc1. The van der Waals surface area contributed by atoms with Crippen molar-refractivity contribution in [3.8, 4) is 0 Å². The fraction of sp³-hybridized carbons (Fsp3) is 0.188. The lowest BCUT2D eigenvalue weighted by Crippen LogP contribution is -2.28. The van der Waals surface area contributed by atoms with Crippen LogP contribution in [-0.2, 0) is 4.79 Å². The highest BCUT2D eigenvalue weighted by molar-refractivity contribution is 9.10. The molecule has 0 aromatic heterocycles. The number of halogens is 1. The molecule has 0 heterocycles. The fourth-order valence-corrected chi connectivity index (χ4v) is 2.76. The lowest BCUT2D eigenvalue weighted by atomic mass is 10.1. The summed E-state index contributed by atoms with van der Waals surface area (Å²) in [5.74, 6) is 0.480. The van der Waals surface area contributed by atoms with Crippen molar-refractivity contribution >= 4 is 33.6 Å². The van der Waals surface area contributed by atoms with Gasteiger partial charge in [0.15, 0.2) is 0 Å². The molecule has 2 rings (SSSR count). The lowest BCUT2D eigenvalue weighted by Gasteiger charge is -2.14. The Bertz CT molecular complexity index is 556. The number of carbonyl (C=O) groups is 1. The van der Waals surface area contributed by atoms with Crippen LogP contribution >= 0.6 is 27.7 Å². The average molecular weight is 350 g/mol. The normalized spacial score (nSPS) is 11.9. The second-order valence-corrected chi connectivity index (χ2v) is 6.41. The molecule has 20 heavy (non-hydrogen) atoms. The number of amides is 1. The fourth-order valence-electron chi connectivity index (χ4n) is 1.79. The van der Waals surface area contributed by atoms with Crippen molar-refractivity contribution in [2.45, 2.75) is 17.9 Å². The molecule has 2 nitrogen and oxygen atoms in total. The van der Waals surface area contributed by atoms with Crippen molar-refractivity contribution < 1.29 is 4.79 Å². The van der Waals surface area contributed by atoms with Crippen LogP contribution in [0.2, 0.25) is 0 Å². The first-order valence-corrected chi connectivity index (χ1v) is 8.15. The van der Waals surface area contributed by atoms with Crippen LogP contribution in [-0.4, -0.2) is 11.7 Å². The summed E-state index contributed by atoms with van der Waals surface area (Å²) in [4.78, 5) is 13.0. The van der Waals surface area contributed by atoms with Crippen molar-refractivity contribution in [1.82, 2.24) is 5.32 Å². The third-order valence-electron chi connectivity index (χ3n) is 2.86. The Balaban J connectivity index is 1.82. The van der Waals surface area contributed by atoms with E-state index in [2.05, 4.69) is 21.2 Å². The molecular formula is C16H16BrNOS. The van der Waals surface area contributed by atoms with E-state index in [9.17, 15) is 4.79 Å². The van der Waals surface area contributed by atoms with Gasteiger partial charge in [-0.2, -0.15) is 0 Å². The molecule has 1 amide bonds. The van der Waals surface area contributed by atoms with Crippen LogP contribution in [0.4, 0.5) is 0 Å². The number of hydrogen-bond acceptors (Lipinski definition) is 2. The molecule has 2 aromatic carbocycles.